The number of amides is 1. The number of fused-ring (bicyclic) bond motifs is 1. The number of hydrogen-bond donors (Lipinski definition) is 2. The Labute approximate surface area is 182 Å². The largest absolute Gasteiger partial charge is 0.348 e. The van der Waals surface area contributed by atoms with E-state index in [2.05, 4.69) is 21.8 Å². The molecule has 6 nitrogen and oxygen atoms in total. The van der Waals surface area contributed by atoms with Crippen LogP contribution in [0.1, 0.15) is 23.7 Å². The maximum atomic E-state index is 13.0. The number of hydrogen-bond acceptors (Lipinski definition) is 4. The SMILES string of the molecule is CCn1ncc2c(C(=O)NCC3=CCNCC3)cc(-c3ccccc3)nc21.Cl.Cl. The first kappa shape index (κ1) is 22.9. The van der Waals surface area contributed by atoms with E-state index in [1.54, 1.807) is 6.20 Å². The first-order chi connectivity index (χ1) is 13.3. The number of carbonyl (C=O) groups is 1. The van der Waals surface area contributed by atoms with Crippen LogP contribution in [0.5, 0.6) is 0 Å². The summed E-state index contributed by atoms with van der Waals surface area (Å²) in [6.45, 7) is 5.13. The summed E-state index contributed by atoms with van der Waals surface area (Å²) < 4.78 is 1.83. The minimum atomic E-state index is -0.0883. The molecule has 2 aromatic heterocycles. The molecular formula is C21H25Cl2N5O. The van der Waals surface area contributed by atoms with E-state index < -0.39 is 0 Å². The Hall–Kier alpha value is -2.41. The van der Waals surface area contributed by atoms with Gasteiger partial charge in [-0.15, -0.1) is 24.8 Å². The topological polar surface area (TPSA) is 71.8 Å². The molecule has 2 N–H and O–H groups in total. The quantitative estimate of drug-likeness (QED) is 0.602. The zero-order valence-electron chi connectivity index (χ0n) is 16.2. The van der Waals surface area contributed by atoms with Gasteiger partial charge in [0.05, 0.1) is 22.8 Å². The van der Waals surface area contributed by atoms with Crippen LogP contribution in [0.2, 0.25) is 0 Å². The fraction of sp³-hybridized carbons (Fsp3) is 0.286. The summed E-state index contributed by atoms with van der Waals surface area (Å²) in [6.07, 6.45) is 4.85. The molecule has 1 aliphatic heterocycles. The maximum Gasteiger partial charge on any atom is 0.252 e. The van der Waals surface area contributed by atoms with Crippen molar-refractivity contribution in [1.82, 2.24) is 25.4 Å². The zero-order chi connectivity index (χ0) is 18.6. The van der Waals surface area contributed by atoms with E-state index >= 15 is 0 Å². The fourth-order valence-corrected chi connectivity index (χ4v) is 3.34. The smallest absolute Gasteiger partial charge is 0.252 e. The van der Waals surface area contributed by atoms with Crippen LogP contribution in [-0.4, -0.2) is 40.3 Å². The van der Waals surface area contributed by atoms with E-state index in [-0.39, 0.29) is 30.7 Å². The van der Waals surface area contributed by atoms with Crippen LogP contribution in [0.4, 0.5) is 0 Å². The van der Waals surface area contributed by atoms with Crippen molar-refractivity contribution in [2.24, 2.45) is 0 Å². The number of rotatable bonds is 5. The minimum absolute atomic E-state index is 0. The average Bonchev–Trinajstić information content (AvgIpc) is 3.16. The molecule has 1 amide bonds. The van der Waals surface area contributed by atoms with Crippen molar-refractivity contribution < 1.29 is 4.79 Å². The predicted molar refractivity (Wildman–Crippen MR) is 121 cm³/mol. The van der Waals surface area contributed by atoms with Gasteiger partial charge in [-0.3, -0.25) is 4.79 Å². The van der Waals surface area contributed by atoms with E-state index in [1.807, 2.05) is 48.0 Å². The molecule has 1 aliphatic rings. The van der Waals surface area contributed by atoms with Crippen LogP contribution >= 0.6 is 24.8 Å². The van der Waals surface area contributed by atoms with Gasteiger partial charge >= 0.3 is 0 Å². The molecule has 0 unspecified atom stereocenters. The summed E-state index contributed by atoms with van der Waals surface area (Å²) in [5, 5.41) is 11.5. The lowest BCUT2D eigenvalue weighted by Crippen LogP contribution is -2.29. The molecule has 154 valence electrons. The van der Waals surface area contributed by atoms with Gasteiger partial charge in [0.25, 0.3) is 5.91 Å². The monoisotopic (exact) mass is 433 g/mol. The Kier molecular flexibility index (Phi) is 8.20. The van der Waals surface area contributed by atoms with Crippen LogP contribution in [0.15, 0.2) is 54.2 Å². The molecule has 29 heavy (non-hydrogen) atoms. The highest BCUT2D eigenvalue weighted by Gasteiger charge is 2.17. The highest BCUT2D eigenvalue weighted by Crippen LogP contribution is 2.25. The summed E-state index contributed by atoms with van der Waals surface area (Å²) in [5.41, 5.74) is 4.39. The summed E-state index contributed by atoms with van der Waals surface area (Å²) >= 11 is 0. The number of nitrogens with one attached hydrogen (secondary N) is 2. The standard InChI is InChI=1S/C21H23N5O.2ClH/c1-2-26-20-18(14-24-26)17(12-19(25-20)16-6-4-3-5-7-16)21(27)23-13-15-8-10-22-11-9-15;;/h3-8,12,14,22H,2,9-11,13H2,1H3,(H,23,27);2*1H. The number of aryl methyl sites for hydroxylation is 1. The number of pyridine rings is 1. The van der Waals surface area contributed by atoms with Crippen LogP contribution in [0.25, 0.3) is 22.3 Å². The Balaban J connectivity index is 0.00000150. The molecule has 0 saturated carbocycles. The molecular weight excluding hydrogens is 409 g/mol. The van der Waals surface area contributed by atoms with Gasteiger partial charge in [-0.25, -0.2) is 9.67 Å². The Morgan fingerprint density at radius 1 is 1.24 bits per heavy atom. The van der Waals surface area contributed by atoms with Crippen LogP contribution in [-0.2, 0) is 6.54 Å². The molecule has 0 aliphatic carbocycles. The molecule has 4 rings (SSSR count). The van der Waals surface area contributed by atoms with Crippen molar-refractivity contribution in [2.75, 3.05) is 19.6 Å². The highest BCUT2D eigenvalue weighted by atomic mass is 35.5. The molecule has 0 fully saturated rings. The summed E-state index contributed by atoms with van der Waals surface area (Å²) in [4.78, 5) is 17.7. The number of nitrogens with zero attached hydrogens (tertiary/aromatic N) is 3. The van der Waals surface area contributed by atoms with Gasteiger partial charge in [0, 0.05) is 25.2 Å². The number of aromatic nitrogens is 3. The normalized spacial score (nSPS) is 13.2. The van der Waals surface area contributed by atoms with Crippen LogP contribution < -0.4 is 10.6 Å². The Morgan fingerprint density at radius 2 is 2.03 bits per heavy atom. The maximum absolute atomic E-state index is 13.0. The third kappa shape index (κ3) is 4.96. The zero-order valence-corrected chi connectivity index (χ0v) is 17.9. The number of benzene rings is 1. The number of halogens is 2. The average molecular weight is 434 g/mol. The summed E-state index contributed by atoms with van der Waals surface area (Å²) in [7, 11) is 0. The third-order valence-electron chi connectivity index (χ3n) is 4.86. The summed E-state index contributed by atoms with van der Waals surface area (Å²) in [5.74, 6) is -0.0883. The van der Waals surface area contributed by atoms with Gasteiger partial charge < -0.3 is 10.6 Å². The van der Waals surface area contributed by atoms with Crippen molar-refractivity contribution in [2.45, 2.75) is 19.9 Å². The second-order valence-electron chi connectivity index (χ2n) is 6.62. The van der Waals surface area contributed by atoms with E-state index in [1.165, 1.54) is 5.57 Å². The van der Waals surface area contributed by atoms with Gasteiger partial charge in [0.15, 0.2) is 5.65 Å². The van der Waals surface area contributed by atoms with E-state index in [0.717, 1.165) is 41.8 Å². The third-order valence-corrected chi connectivity index (χ3v) is 4.86. The minimum Gasteiger partial charge on any atom is -0.348 e. The molecule has 0 saturated heterocycles. The Morgan fingerprint density at radius 3 is 2.72 bits per heavy atom. The van der Waals surface area contributed by atoms with Gasteiger partial charge in [-0.05, 0) is 26.0 Å². The second-order valence-corrected chi connectivity index (χ2v) is 6.62. The van der Waals surface area contributed by atoms with Gasteiger partial charge in [0.1, 0.15) is 0 Å². The molecule has 0 bridgehead atoms. The van der Waals surface area contributed by atoms with E-state index in [9.17, 15) is 4.79 Å². The first-order valence-electron chi connectivity index (χ1n) is 9.35. The van der Waals surface area contributed by atoms with Crippen LogP contribution in [0.3, 0.4) is 0 Å². The lowest BCUT2D eigenvalue weighted by atomic mass is 10.1. The van der Waals surface area contributed by atoms with Crippen molar-refractivity contribution >= 4 is 41.8 Å². The molecule has 0 atom stereocenters. The van der Waals surface area contributed by atoms with Crippen molar-refractivity contribution in [3.05, 3.63) is 59.8 Å². The highest BCUT2D eigenvalue weighted by molar-refractivity contribution is 6.06. The molecule has 3 heterocycles. The lowest BCUT2D eigenvalue weighted by Gasteiger charge is -2.15. The predicted octanol–water partition coefficient (Wildman–Crippen LogP) is 3.61. The molecule has 0 radical (unpaired) electrons. The van der Waals surface area contributed by atoms with Crippen molar-refractivity contribution in [3.8, 4) is 11.3 Å². The fourth-order valence-electron chi connectivity index (χ4n) is 3.34. The lowest BCUT2D eigenvalue weighted by molar-refractivity contribution is 0.0958. The van der Waals surface area contributed by atoms with Gasteiger partial charge in [-0.1, -0.05) is 42.0 Å². The summed E-state index contributed by atoms with van der Waals surface area (Å²) in [6, 6.07) is 11.8. The molecule has 8 heteroatoms. The van der Waals surface area contributed by atoms with Crippen molar-refractivity contribution in [1.29, 1.82) is 0 Å². The van der Waals surface area contributed by atoms with Gasteiger partial charge in [-0.2, -0.15) is 5.10 Å². The van der Waals surface area contributed by atoms with Gasteiger partial charge in [0.2, 0.25) is 0 Å². The molecule has 0 spiro atoms. The second kappa shape index (κ2) is 10.4. The molecule has 3 aromatic rings. The van der Waals surface area contributed by atoms with E-state index in [4.69, 9.17) is 4.98 Å². The molecule has 1 aromatic carbocycles. The first-order valence-corrected chi connectivity index (χ1v) is 9.35. The van der Waals surface area contributed by atoms with Crippen LogP contribution in [0, 0.1) is 0 Å². The number of carbonyl (C=O) groups excluding carboxylic acids is 1. The Bertz CT molecular complexity index is 1000. The van der Waals surface area contributed by atoms with Crippen molar-refractivity contribution in [3.63, 3.8) is 0 Å². The van der Waals surface area contributed by atoms with E-state index in [0.29, 0.717) is 18.7 Å².